The average molecular weight is 234 g/mol. The van der Waals surface area contributed by atoms with E-state index in [0.717, 1.165) is 16.5 Å². The number of furan rings is 1. The van der Waals surface area contributed by atoms with E-state index in [2.05, 4.69) is 0 Å². The van der Waals surface area contributed by atoms with Crippen molar-refractivity contribution in [3.05, 3.63) is 35.6 Å². The summed E-state index contributed by atoms with van der Waals surface area (Å²) in [5, 5.41) is 11.1. The highest BCUT2D eigenvalue weighted by molar-refractivity contribution is 5.80. The molecule has 0 aliphatic heterocycles. The lowest BCUT2D eigenvalue weighted by Crippen LogP contribution is -2.10. The Bertz CT molecular complexity index is 501. The molecular formula is C14H18O3. The van der Waals surface area contributed by atoms with E-state index in [4.69, 9.17) is 9.15 Å². The van der Waals surface area contributed by atoms with Gasteiger partial charge in [0.15, 0.2) is 0 Å². The van der Waals surface area contributed by atoms with Crippen molar-refractivity contribution in [3.8, 4) is 0 Å². The van der Waals surface area contributed by atoms with Gasteiger partial charge in [-0.1, -0.05) is 18.2 Å². The molecular weight excluding hydrogens is 216 g/mol. The maximum absolute atomic E-state index is 10.0. The number of ether oxygens (including phenoxy) is 1. The zero-order chi connectivity index (χ0) is 12.4. The number of rotatable bonds is 4. The summed E-state index contributed by atoms with van der Waals surface area (Å²) >= 11 is 0. The molecule has 0 fully saturated rings. The van der Waals surface area contributed by atoms with Crippen molar-refractivity contribution in [2.75, 3.05) is 7.11 Å². The van der Waals surface area contributed by atoms with Crippen molar-refractivity contribution in [1.29, 1.82) is 0 Å². The first-order valence-electron chi connectivity index (χ1n) is 5.81. The van der Waals surface area contributed by atoms with E-state index in [1.165, 1.54) is 0 Å². The standard InChI is InChI=1S/C14H18O3/c1-9-5-4-6-11-8-13(17-14(9)11)12(15)7-10(2)16-3/h4-6,8,10,12,15H,7H2,1-3H3. The number of fused-ring (bicyclic) bond motifs is 1. The van der Waals surface area contributed by atoms with Gasteiger partial charge in [0.05, 0.1) is 6.10 Å². The van der Waals surface area contributed by atoms with Crippen LogP contribution in [-0.4, -0.2) is 18.3 Å². The van der Waals surface area contributed by atoms with Crippen LogP contribution in [0.25, 0.3) is 11.0 Å². The fourth-order valence-electron chi connectivity index (χ4n) is 1.92. The molecule has 1 aromatic heterocycles. The van der Waals surface area contributed by atoms with Crippen LogP contribution in [0.2, 0.25) is 0 Å². The largest absolute Gasteiger partial charge is 0.458 e. The molecule has 0 aliphatic rings. The molecule has 2 atom stereocenters. The Labute approximate surface area is 101 Å². The Kier molecular flexibility index (Phi) is 3.50. The van der Waals surface area contributed by atoms with Crippen molar-refractivity contribution in [3.63, 3.8) is 0 Å². The molecule has 1 heterocycles. The van der Waals surface area contributed by atoms with Gasteiger partial charge in [0.25, 0.3) is 0 Å². The molecule has 0 spiro atoms. The van der Waals surface area contributed by atoms with Gasteiger partial charge in [0.1, 0.15) is 17.4 Å². The van der Waals surface area contributed by atoms with Crippen LogP contribution in [0.15, 0.2) is 28.7 Å². The third-order valence-electron chi connectivity index (χ3n) is 3.05. The molecule has 1 aromatic carbocycles. The maximum Gasteiger partial charge on any atom is 0.137 e. The lowest BCUT2D eigenvalue weighted by Gasteiger charge is -2.12. The maximum atomic E-state index is 10.0. The van der Waals surface area contributed by atoms with Crippen LogP contribution in [0.5, 0.6) is 0 Å². The van der Waals surface area contributed by atoms with Gasteiger partial charge in [-0.25, -0.2) is 0 Å². The van der Waals surface area contributed by atoms with Gasteiger partial charge >= 0.3 is 0 Å². The van der Waals surface area contributed by atoms with E-state index < -0.39 is 6.10 Å². The number of hydrogen-bond acceptors (Lipinski definition) is 3. The molecule has 0 amide bonds. The van der Waals surface area contributed by atoms with Gasteiger partial charge in [0, 0.05) is 18.9 Å². The molecule has 92 valence electrons. The smallest absolute Gasteiger partial charge is 0.137 e. The first-order valence-corrected chi connectivity index (χ1v) is 5.81. The molecule has 2 rings (SSSR count). The predicted octanol–water partition coefficient (Wildman–Crippen LogP) is 3.20. The van der Waals surface area contributed by atoms with E-state index in [9.17, 15) is 5.11 Å². The van der Waals surface area contributed by atoms with E-state index in [0.29, 0.717) is 12.2 Å². The van der Waals surface area contributed by atoms with Gasteiger partial charge in [-0.05, 0) is 25.5 Å². The molecule has 0 radical (unpaired) electrons. The Morgan fingerprint density at radius 1 is 1.41 bits per heavy atom. The Balaban J connectivity index is 2.27. The van der Waals surface area contributed by atoms with E-state index in [1.54, 1.807) is 7.11 Å². The van der Waals surface area contributed by atoms with Crippen molar-refractivity contribution < 1.29 is 14.3 Å². The van der Waals surface area contributed by atoms with Crippen LogP contribution in [-0.2, 0) is 4.74 Å². The lowest BCUT2D eigenvalue weighted by molar-refractivity contribution is 0.0474. The molecule has 17 heavy (non-hydrogen) atoms. The Hall–Kier alpha value is -1.32. The second-order valence-electron chi connectivity index (χ2n) is 4.44. The van der Waals surface area contributed by atoms with Gasteiger partial charge in [-0.15, -0.1) is 0 Å². The Morgan fingerprint density at radius 3 is 2.82 bits per heavy atom. The monoisotopic (exact) mass is 234 g/mol. The van der Waals surface area contributed by atoms with Crippen LogP contribution in [0.3, 0.4) is 0 Å². The molecule has 1 N–H and O–H groups in total. The summed E-state index contributed by atoms with van der Waals surface area (Å²) in [4.78, 5) is 0. The highest BCUT2D eigenvalue weighted by Crippen LogP contribution is 2.28. The number of hydrogen-bond donors (Lipinski definition) is 1. The molecule has 0 aliphatic carbocycles. The lowest BCUT2D eigenvalue weighted by atomic mass is 10.1. The fourth-order valence-corrected chi connectivity index (χ4v) is 1.92. The van der Waals surface area contributed by atoms with Crippen LogP contribution >= 0.6 is 0 Å². The highest BCUT2D eigenvalue weighted by atomic mass is 16.5. The van der Waals surface area contributed by atoms with Crippen molar-refractivity contribution in [2.45, 2.75) is 32.5 Å². The van der Waals surface area contributed by atoms with Crippen molar-refractivity contribution >= 4 is 11.0 Å². The average Bonchev–Trinajstić information content (AvgIpc) is 2.74. The molecule has 0 saturated carbocycles. The SMILES string of the molecule is COC(C)CC(O)c1cc2cccc(C)c2o1. The van der Waals surface area contributed by atoms with E-state index in [1.807, 2.05) is 38.1 Å². The summed E-state index contributed by atoms with van der Waals surface area (Å²) < 4.78 is 10.8. The van der Waals surface area contributed by atoms with E-state index in [-0.39, 0.29) is 6.10 Å². The molecule has 0 saturated heterocycles. The van der Waals surface area contributed by atoms with Crippen molar-refractivity contribution in [1.82, 2.24) is 0 Å². The molecule has 3 heteroatoms. The number of aliphatic hydroxyl groups is 1. The van der Waals surface area contributed by atoms with E-state index >= 15 is 0 Å². The van der Waals surface area contributed by atoms with Gasteiger partial charge in [0.2, 0.25) is 0 Å². The number of para-hydroxylation sites is 1. The summed E-state index contributed by atoms with van der Waals surface area (Å²) in [5.41, 5.74) is 1.94. The van der Waals surface area contributed by atoms with Gasteiger partial charge < -0.3 is 14.3 Å². The molecule has 0 bridgehead atoms. The molecule has 2 aromatic rings. The van der Waals surface area contributed by atoms with Crippen molar-refractivity contribution in [2.24, 2.45) is 0 Å². The zero-order valence-electron chi connectivity index (χ0n) is 10.4. The minimum atomic E-state index is -0.614. The van der Waals surface area contributed by atoms with Crippen LogP contribution < -0.4 is 0 Å². The van der Waals surface area contributed by atoms with Crippen LogP contribution in [0, 0.1) is 6.92 Å². The number of benzene rings is 1. The topological polar surface area (TPSA) is 42.6 Å². The minimum Gasteiger partial charge on any atom is -0.458 e. The normalized spacial score (nSPS) is 15.1. The molecule has 3 nitrogen and oxygen atoms in total. The summed E-state index contributed by atoms with van der Waals surface area (Å²) in [6.07, 6.45) is -0.0638. The second kappa shape index (κ2) is 4.90. The zero-order valence-corrected chi connectivity index (χ0v) is 10.4. The summed E-state index contributed by atoms with van der Waals surface area (Å²) in [6.45, 7) is 3.93. The first-order chi connectivity index (χ1) is 8.11. The summed E-state index contributed by atoms with van der Waals surface area (Å²) in [6, 6.07) is 7.87. The highest BCUT2D eigenvalue weighted by Gasteiger charge is 2.16. The first kappa shape index (κ1) is 12.1. The summed E-state index contributed by atoms with van der Waals surface area (Å²) in [5.74, 6) is 0.609. The number of methoxy groups -OCH3 is 1. The van der Waals surface area contributed by atoms with Crippen LogP contribution in [0.1, 0.15) is 30.8 Å². The number of aryl methyl sites for hydroxylation is 1. The Morgan fingerprint density at radius 2 is 2.18 bits per heavy atom. The predicted molar refractivity (Wildman–Crippen MR) is 67.0 cm³/mol. The van der Waals surface area contributed by atoms with Gasteiger partial charge in [-0.2, -0.15) is 0 Å². The minimum absolute atomic E-state index is 0.0132. The summed E-state index contributed by atoms with van der Waals surface area (Å²) in [7, 11) is 1.64. The van der Waals surface area contributed by atoms with Crippen LogP contribution in [0.4, 0.5) is 0 Å². The second-order valence-corrected chi connectivity index (χ2v) is 4.44. The number of aliphatic hydroxyl groups excluding tert-OH is 1. The van der Waals surface area contributed by atoms with Gasteiger partial charge in [-0.3, -0.25) is 0 Å². The quantitative estimate of drug-likeness (QED) is 0.883. The fraction of sp³-hybridized carbons (Fsp3) is 0.429. The third-order valence-corrected chi connectivity index (χ3v) is 3.05. The molecule has 2 unspecified atom stereocenters. The third kappa shape index (κ3) is 2.51.